The summed E-state index contributed by atoms with van der Waals surface area (Å²) in [5.74, 6) is 0.544. The number of esters is 1. The minimum Gasteiger partial charge on any atom is -0.480 e. The van der Waals surface area contributed by atoms with Crippen molar-refractivity contribution in [2.24, 2.45) is 0 Å². The fraction of sp³-hybridized carbons (Fsp3) is 0.278. The van der Waals surface area contributed by atoms with Gasteiger partial charge in [-0.3, -0.25) is 0 Å². The number of rotatable bonds is 5. The topological polar surface area (TPSA) is 35.5 Å². The average molecular weight is 511 g/mol. The van der Waals surface area contributed by atoms with E-state index in [0.29, 0.717) is 21.5 Å². The fourth-order valence-electron chi connectivity index (χ4n) is 2.12. The molecule has 0 saturated carbocycles. The van der Waals surface area contributed by atoms with Gasteiger partial charge in [0.25, 0.3) is 0 Å². The molecule has 7 heteroatoms. The predicted molar refractivity (Wildman–Crippen MR) is 108 cm³/mol. The summed E-state index contributed by atoms with van der Waals surface area (Å²) in [7, 11) is 0. The van der Waals surface area contributed by atoms with Crippen LogP contribution in [0.15, 0.2) is 33.2 Å². The third kappa shape index (κ3) is 5.13. The summed E-state index contributed by atoms with van der Waals surface area (Å²) in [4.78, 5) is 12.2. The van der Waals surface area contributed by atoms with Gasteiger partial charge < -0.3 is 9.47 Å². The molecule has 0 heterocycles. The van der Waals surface area contributed by atoms with E-state index in [1.165, 1.54) is 0 Å². The van der Waals surface area contributed by atoms with Gasteiger partial charge in [0.05, 0.1) is 9.50 Å². The van der Waals surface area contributed by atoms with E-state index in [9.17, 15) is 4.79 Å². The highest BCUT2D eigenvalue weighted by atomic mass is 79.9. The minimum atomic E-state index is -0.518. The third-order valence-electron chi connectivity index (χ3n) is 3.51. The van der Waals surface area contributed by atoms with E-state index in [1.807, 2.05) is 26.8 Å². The van der Waals surface area contributed by atoms with Crippen LogP contribution in [-0.4, -0.2) is 12.6 Å². The highest BCUT2D eigenvalue weighted by Gasteiger charge is 2.19. The molecule has 2 aromatic carbocycles. The number of hydrogen-bond donors (Lipinski definition) is 0. The molecule has 0 spiro atoms. The van der Waals surface area contributed by atoms with E-state index in [2.05, 4.69) is 31.9 Å². The van der Waals surface area contributed by atoms with Crippen molar-refractivity contribution < 1.29 is 14.3 Å². The van der Waals surface area contributed by atoms with Crippen LogP contribution in [0.5, 0.6) is 11.5 Å². The van der Waals surface area contributed by atoms with Crippen molar-refractivity contribution >= 4 is 61.0 Å². The summed E-state index contributed by atoms with van der Waals surface area (Å²) in [6.07, 6.45) is 0. The number of carbonyl (C=O) groups excluding carboxylic acids is 1. The van der Waals surface area contributed by atoms with E-state index < -0.39 is 5.97 Å². The Morgan fingerprint density at radius 1 is 1.20 bits per heavy atom. The summed E-state index contributed by atoms with van der Waals surface area (Å²) in [6.45, 7) is 5.73. The second-order valence-corrected chi connectivity index (χ2v) is 8.20. The van der Waals surface area contributed by atoms with Gasteiger partial charge in [0.2, 0.25) is 0 Å². The normalized spacial score (nSPS) is 10.9. The van der Waals surface area contributed by atoms with Crippen molar-refractivity contribution in [2.75, 3.05) is 6.61 Å². The number of ether oxygens (including phenoxy) is 2. The van der Waals surface area contributed by atoms with Crippen LogP contribution in [-0.2, 0) is 4.79 Å². The van der Waals surface area contributed by atoms with E-state index in [-0.39, 0.29) is 12.5 Å². The van der Waals surface area contributed by atoms with Gasteiger partial charge in [0.1, 0.15) is 11.5 Å². The fourth-order valence-corrected chi connectivity index (χ4v) is 3.81. The smallest absolute Gasteiger partial charge is 0.349 e. The first-order valence-corrected chi connectivity index (χ1v) is 9.82. The van der Waals surface area contributed by atoms with Crippen molar-refractivity contribution in [3.05, 3.63) is 54.4 Å². The molecule has 134 valence electrons. The van der Waals surface area contributed by atoms with Crippen LogP contribution < -0.4 is 9.47 Å². The summed E-state index contributed by atoms with van der Waals surface area (Å²) in [5.41, 5.74) is 1.87. The summed E-state index contributed by atoms with van der Waals surface area (Å²) < 4.78 is 12.7. The first-order chi connectivity index (χ1) is 11.7. The van der Waals surface area contributed by atoms with Crippen LogP contribution in [0.25, 0.3) is 0 Å². The molecule has 0 aliphatic carbocycles. The Hall–Kier alpha value is -0.750. The Morgan fingerprint density at radius 2 is 1.88 bits per heavy atom. The van der Waals surface area contributed by atoms with Gasteiger partial charge in [-0.25, -0.2) is 4.79 Å². The Morgan fingerprint density at radius 3 is 2.48 bits per heavy atom. The molecule has 0 unspecified atom stereocenters. The number of halogens is 4. The second-order valence-electron chi connectivity index (χ2n) is 5.71. The van der Waals surface area contributed by atoms with Crippen molar-refractivity contribution in [3.63, 3.8) is 0 Å². The van der Waals surface area contributed by atoms with E-state index in [0.717, 1.165) is 20.1 Å². The molecule has 0 bridgehead atoms. The van der Waals surface area contributed by atoms with Gasteiger partial charge in [0, 0.05) is 9.50 Å². The number of hydrogen-bond acceptors (Lipinski definition) is 3. The molecule has 0 aliphatic rings. The van der Waals surface area contributed by atoms with Crippen LogP contribution in [0, 0.1) is 6.92 Å². The lowest BCUT2D eigenvalue weighted by molar-refractivity contribution is -0.136. The third-order valence-corrected chi connectivity index (χ3v) is 5.82. The molecule has 2 aromatic rings. The predicted octanol–water partition coefficient (Wildman–Crippen LogP) is 6.93. The van der Waals surface area contributed by atoms with Crippen LogP contribution in [0.1, 0.15) is 30.9 Å². The van der Waals surface area contributed by atoms with Gasteiger partial charge in [0.15, 0.2) is 6.61 Å². The maximum Gasteiger partial charge on any atom is 0.349 e. The van der Waals surface area contributed by atoms with Gasteiger partial charge in [-0.1, -0.05) is 53.0 Å². The van der Waals surface area contributed by atoms with Crippen LogP contribution in [0.4, 0.5) is 0 Å². The van der Waals surface area contributed by atoms with Gasteiger partial charge in [-0.2, -0.15) is 0 Å². The molecule has 0 saturated heterocycles. The first-order valence-electron chi connectivity index (χ1n) is 7.47. The van der Waals surface area contributed by atoms with Gasteiger partial charge in [-0.05, 0) is 64.2 Å². The Bertz CT molecular complexity index is 807. The van der Waals surface area contributed by atoms with Crippen molar-refractivity contribution in [3.8, 4) is 11.5 Å². The molecular weight excluding hydrogens is 495 g/mol. The maximum absolute atomic E-state index is 12.2. The van der Waals surface area contributed by atoms with Gasteiger partial charge in [-0.15, -0.1) is 0 Å². The molecule has 0 N–H and O–H groups in total. The van der Waals surface area contributed by atoms with Crippen molar-refractivity contribution in [2.45, 2.75) is 26.7 Å². The molecule has 25 heavy (non-hydrogen) atoms. The molecule has 0 aromatic heterocycles. The lowest BCUT2D eigenvalue weighted by atomic mass is 10.0. The van der Waals surface area contributed by atoms with Crippen LogP contribution in [0.2, 0.25) is 10.0 Å². The average Bonchev–Trinajstić information content (AvgIpc) is 2.54. The van der Waals surface area contributed by atoms with Crippen LogP contribution in [0.3, 0.4) is 0 Å². The summed E-state index contributed by atoms with van der Waals surface area (Å²) >= 11 is 18.9. The van der Waals surface area contributed by atoms with E-state index in [1.54, 1.807) is 18.2 Å². The minimum absolute atomic E-state index is 0.183. The zero-order valence-electron chi connectivity index (χ0n) is 13.8. The molecular formula is C18H16Br2Cl2O3. The van der Waals surface area contributed by atoms with E-state index >= 15 is 0 Å². The highest BCUT2D eigenvalue weighted by molar-refractivity contribution is 9.11. The summed E-state index contributed by atoms with van der Waals surface area (Å²) in [5, 5.41) is 0.833. The highest BCUT2D eigenvalue weighted by Crippen LogP contribution is 2.40. The van der Waals surface area contributed by atoms with Gasteiger partial charge >= 0.3 is 5.97 Å². The monoisotopic (exact) mass is 508 g/mol. The molecule has 2 rings (SSSR count). The standard InChI is InChI=1S/C18H16Br2Cl2O3/c1-9(2)12-7-13(19)10(3)17(20)18(12)25-16(23)8-24-15-5-4-11(21)6-14(15)22/h4-7,9H,8H2,1-3H3. The zero-order valence-corrected chi connectivity index (χ0v) is 18.5. The molecule has 3 nitrogen and oxygen atoms in total. The van der Waals surface area contributed by atoms with E-state index in [4.69, 9.17) is 32.7 Å². The number of carbonyl (C=O) groups is 1. The molecule has 0 amide bonds. The lowest BCUT2D eigenvalue weighted by Crippen LogP contribution is -2.19. The maximum atomic E-state index is 12.2. The molecule has 0 atom stereocenters. The largest absolute Gasteiger partial charge is 0.480 e. The molecule has 0 aliphatic heterocycles. The zero-order chi connectivity index (χ0) is 18.7. The van der Waals surface area contributed by atoms with Crippen LogP contribution >= 0.6 is 55.1 Å². The molecule has 0 radical (unpaired) electrons. The second kappa shape index (κ2) is 8.76. The SMILES string of the molecule is Cc1c(Br)cc(C(C)C)c(OC(=O)COc2ccc(Cl)cc2Cl)c1Br. The number of benzene rings is 2. The quantitative estimate of drug-likeness (QED) is 0.323. The Labute approximate surface area is 173 Å². The van der Waals surface area contributed by atoms with Crippen molar-refractivity contribution in [1.82, 2.24) is 0 Å². The molecule has 0 fully saturated rings. The first kappa shape index (κ1) is 20.6. The summed E-state index contributed by atoms with van der Waals surface area (Å²) in [6, 6.07) is 6.76. The Kier molecular flexibility index (Phi) is 7.20. The Balaban J connectivity index is 2.16. The van der Waals surface area contributed by atoms with Crippen molar-refractivity contribution in [1.29, 1.82) is 0 Å². The lowest BCUT2D eigenvalue weighted by Gasteiger charge is -2.17.